The van der Waals surface area contributed by atoms with Gasteiger partial charge in [0.05, 0.1) is 5.69 Å². The maximum Gasteiger partial charge on any atom is 0.157 e. The van der Waals surface area contributed by atoms with E-state index in [0.717, 1.165) is 23.3 Å². The van der Waals surface area contributed by atoms with Crippen LogP contribution in [0, 0.1) is 17.8 Å². The second-order valence-electron chi connectivity index (χ2n) is 7.18. The third kappa shape index (κ3) is 1.78. The summed E-state index contributed by atoms with van der Waals surface area (Å²) in [5.41, 5.74) is 3.97. The third-order valence-electron chi connectivity index (χ3n) is 5.45. The number of aromatic nitrogens is 3. The number of rotatable bonds is 3. The molecule has 0 atom stereocenters. The zero-order chi connectivity index (χ0) is 14.7. The highest BCUT2D eigenvalue weighted by molar-refractivity contribution is 5.78. The van der Waals surface area contributed by atoms with Crippen molar-refractivity contribution >= 4 is 11.0 Å². The van der Waals surface area contributed by atoms with Gasteiger partial charge in [-0.25, -0.2) is 4.98 Å². The molecule has 2 aromatic heterocycles. The van der Waals surface area contributed by atoms with Crippen LogP contribution in [0.4, 0.5) is 0 Å². The van der Waals surface area contributed by atoms with Gasteiger partial charge in [-0.15, -0.1) is 0 Å². The van der Waals surface area contributed by atoms with Crippen molar-refractivity contribution in [1.29, 1.82) is 0 Å². The van der Waals surface area contributed by atoms with Gasteiger partial charge >= 0.3 is 0 Å². The summed E-state index contributed by atoms with van der Waals surface area (Å²) in [5, 5.41) is 9.25. The minimum absolute atomic E-state index is 0.370. The highest BCUT2D eigenvalue weighted by Crippen LogP contribution is 2.62. The first-order valence-electron chi connectivity index (χ1n) is 7.27. The summed E-state index contributed by atoms with van der Waals surface area (Å²) in [6, 6.07) is 2.78. The Bertz CT molecular complexity index is 652. The van der Waals surface area contributed by atoms with Crippen LogP contribution in [-0.2, 0) is 13.6 Å². The van der Waals surface area contributed by atoms with Gasteiger partial charge in [-0.05, 0) is 29.4 Å². The molecule has 0 saturated heterocycles. The fourth-order valence-corrected chi connectivity index (χ4v) is 3.37. The average molecular weight is 272 g/mol. The fraction of sp³-hybridized carbons (Fsp3) is 0.625. The van der Waals surface area contributed by atoms with Gasteiger partial charge in [-0.3, -0.25) is 4.68 Å². The zero-order valence-electron chi connectivity index (χ0n) is 13.3. The van der Waals surface area contributed by atoms with Crippen molar-refractivity contribution in [2.45, 2.75) is 47.2 Å². The average Bonchev–Trinajstić information content (AvgIpc) is 2.61. The molecule has 2 aromatic rings. The van der Waals surface area contributed by atoms with E-state index in [4.69, 9.17) is 0 Å². The zero-order valence-corrected chi connectivity index (χ0v) is 13.3. The molecule has 0 radical (unpaired) electrons. The van der Waals surface area contributed by atoms with Crippen LogP contribution >= 0.6 is 0 Å². The normalized spacial score (nSPS) is 20.5. The SMILES string of the molecule is Cc1nn(C)c2ncc(CNC3C(C)(C)C3(C)C)cc12. The molecule has 1 saturated carbocycles. The Morgan fingerprint density at radius 1 is 1.25 bits per heavy atom. The molecule has 1 fully saturated rings. The van der Waals surface area contributed by atoms with E-state index in [1.165, 1.54) is 5.56 Å². The summed E-state index contributed by atoms with van der Waals surface area (Å²) in [7, 11) is 1.94. The summed E-state index contributed by atoms with van der Waals surface area (Å²) in [5.74, 6) is 0. The molecule has 20 heavy (non-hydrogen) atoms. The molecular weight excluding hydrogens is 248 g/mol. The second-order valence-corrected chi connectivity index (χ2v) is 7.18. The summed E-state index contributed by atoms with van der Waals surface area (Å²) >= 11 is 0. The quantitative estimate of drug-likeness (QED) is 0.934. The molecule has 1 N–H and O–H groups in total. The summed E-state index contributed by atoms with van der Waals surface area (Å²) in [4.78, 5) is 4.53. The number of fused-ring (bicyclic) bond motifs is 1. The Morgan fingerprint density at radius 2 is 1.90 bits per heavy atom. The number of pyridine rings is 1. The van der Waals surface area contributed by atoms with Gasteiger partial charge in [0.25, 0.3) is 0 Å². The predicted molar refractivity (Wildman–Crippen MR) is 81.4 cm³/mol. The Balaban J connectivity index is 1.78. The van der Waals surface area contributed by atoms with Crippen molar-refractivity contribution in [3.8, 4) is 0 Å². The summed E-state index contributed by atoms with van der Waals surface area (Å²) in [6.07, 6.45) is 1.96. The van der Waals surface area contributed by atoms with Gasteiger partial charge < -0.3 is 5.32 Å². The van der Waals surface area contributed by atoms with Crippen LogP contribution in [0.2, 0.25) is 0 Å². The number of hydrogen-bond donors (Lipinski definition) is 1. The molecule has 3 rings (SSSR count). The molecule has 4 nitrogen and oxygen atoms in total. The van der Waals surface area contributed by atoms with E-state index in [9.17, 15) is 0 Å². The lowest BCUT2D eigenvalue weighted by Gasteiger charge is -2.06. The molecular formula is C16H24N4. The molecule has 1 aliphatic rings. The first kappa shape index (κ1) is 13.6. The highest BCUT2D eigenvalue weighted by Gasteiger charge is 2.64. The molecule has 0 aliphatic heterocycles. The van der Waals surface area contributed by atoms with E-state index in [-0.39, 0.29) is 0 Å². The first-order chi connectivity index (χ1) is 9.25. The van der Waals surface area contributed by atoms with Crippen molar-refractivity contribution in [3.05, 3.63) is 23.5 Å². The topological polar surface area (TPSA) is 42.7 Å². The minimum Gasteiger partial charge on any atom is -0.309 e. The lowest BCUT2D eigenvalue weighted by Crippen LogP contribution is -2.21. The van der Waals surface area contributed by atoms with Gasteiger partial charge in [0.1, 0.15) is 0 Å². The van der Waals surface area contributed by atoms with Crippen molar-refractivity contribution in [2.24, 2.45) is 17.9 Å². The van der Waals surface area contributed by atoms with Crippen molar-refractivity contribution < 1.29 is 0 Å². The van der Waals surface area contributed by atoms with E-state index in [1.807, 2.05) is 24.9 Å². The standard InChI is InChI=1S/C16H24N4/c1-10-12-7-11(8-17-13(12)20(6)19-10)9-18-14-15(2,3)16(14,4)5/h7-8,14,18H,9H2,1-6H3. The van der Waals surface area contributed by atoms with Crippen LogP contribution in [-0.4, -0.2) is 20.8 Å². The minimum atomic E-state index is 0.370. The Labute approximate surface area is 120 Å². The van der Waals surface area contributed by atoms with Gasteiger partial charge in [0.15, 0.2) is 5.65 Å². The van der Waals surface area contributed by atoms with Crippen LogP contribution < -0.4 is 5.32 Å². The monoisotopic (exact) mass is 272 g/mol. The molecule has 0 unspecified atom stereocenters. The molecule has 0 amide bonds. The second kappa shape index (κ2) is 4.04. The largest absolute Gasteiger partial charge is 0.309 e. The molecule has 0 spiro atoms. The van der Waals surface area contributed by atoms with Gasteiger partial charge in [-0.2, -0.15) is 5.10 Å². The Hall–Kier alpha value is -1.42. The molecule has 0 aromatic carbocycles. The number of nitrogens with zero attached hydrogens (tertiary/aromatic N) is 3. The van der Waals surface area contributed by atoms with Crippen LogP contribution in [0.1, 0.15) is 39.0 Å². The summed E-state index contributed by atoms with van der Waals surface area (Å²) in [6.45, 7) is 12.2. The fourth-order valence-electron chi connectivity index (χ4n) is 3.37. The van der Waals surface area contributed by atoms with Crippen LogP contribution in [0.25, 0.3) is 11.0 Å². The van der Waals surface area contributed by atoms with Crippen molar-refractivity contribution in [1.82, 2.24) is 20.1 Å². The van der Waals surface area contributed by atoms with Crippen molar-refractivity contribution in [3.63, 3.8) is 0 Å². The number of nitrogens with one attached hydrogen (secondary N) is 1. The van der Waals surface area contributed by atoms with E-state index in [2.05, 4.69) is 49.2 Å². The maximum absolute atomic E-state index is 4.53. The lowest BCUT2D eigenvalue weighted by atomic mass is 10.0. The molecule has 108 valence electrons. The smallest absolute Gasteiger partial charge is 0.157 e. The number of aryl methyl sites for hydroxylation is 2. The third-order valence-corrected chi connectivity index (χ3v) is 5.45. The number of hydrogen-bond acceptors (Lipinski definition) is 3. The molecule has 0 bridgehead atoms. The molecule has 4 heteroatoms. The van der Waals surface area contributed by atoms with E-state index >= 15 is 0 Å². The van der Waals surface area contributed by atoms with E-state index in [0.29, 0.717) is 16.9 Å². The maximum atomic E-state index is 4.53. The van der Waals surface area contributed by atoms with Crippen LogP contribution in [0.3, 0.4) is 0 Å². The Kier molecular flexibility index (Phi) is 2.74. The van der Waals surface area contributed by atoms with Crippen LogP contribution in [0.5, 0.6) is 0 Å². The first-order valence-corrected chi connectivity index (χ1v) is 7.27. The molecule has 2 heterocycles. The molecule has 1 aliphatic carbocycles. The van der Waals surface area contributed by atoms with Crippen LogP contribution in [0.15, 0.2) is 12.3 Å². The van der Waals surface area contributed by atoms with Crippen molar-refractivity contribution in [2.75, 3.05) is 0 Å². The predicted octanol–water partition coefficient (Wildman–Crippen LogP) is 2.80. The van der Waals surface area contributed by atoms with Gasteiger partial charge in [0, 0.05) is 31.2 Å². The Morgan fingerprint density at radius 3 is 2.50 bits per heavy atom. The highest BCUT2D eigenvalue weighted by atomic mass is 15.3. The lowest BCUT2D eigenvalue weighted by molar-refractivity contribution is 0.457. The summed E-state index contributed by atoms with van der Waals surface area (Å²) < 4.78 is 1.84. The van der Waals surface area contributed by atoms with Gasteiger partial charge in [-0.1, -0.05) is 27.7 Å². The van der Waals surface area contributed by atoms with E-state index in [1.54, 1.807) is 0 Å². The van der Waals surface area contributed by atoms with Gasteiger partial charge in [0.2, 0.25) is 0 Å². The van der Waals surface area contributed by atoms with E-state index < -0.39 is 0 Å².